The molecule has 2 fully saturated rings. The van der Waals surface area contributed by atoms with Crippen LogP contribution in [0.4, 0.5) is 0 Å². The molecule has 3 atom stereocenters. The van der Waals surface area contributed by atoms with Gasteiger partial charge in [-0.15, -0.1) is 0 Å². The predicted octanol–water partition coefficient (Wildman–Crippen LogP) is 2.25. The van der Waals surface area contributed by atoms with Gasteiger partial charge in [0, 0.05) is 31.1 Å². The highest BCUT2D eigenvalue weighted by atomic mass is 16.5. The zero-order valence-corrected chi connectivity index (χ0v) is 15.6. The van der Waals surface area contributed by atoms with E-state index in [1.165, 1.54) is 6.92 Å². The zero-order valence-electron chi connectivity index (χ0n) is 15.6. The number of amides is 1. The van der Waals surface area contributed by atoms with Crippen molar-refractivity contribution in [2.24, 2.45) is 17.6 Å². The molecule has 26 heavy (non-hydrogen) atoms. The van der Waals surface area contributed by atoms with Crippen LogP contribution in [0.1, 0.15) is 43.0 Å². The van der Waals surface area contributed by atoms with Crippen molar-refractivity contribution in [3.63, 3.8) is 0 Å². The maximum atomic E-state index is 12.4. The number of likely N-dealkylation sites (tertiary alicyclic amines) is 1. The first-order valence-corrected chi connectivity index (χ1v) is 9.34. The predicted molar refractivity (Wildman–Crippen MR) is 98.5 cm³/mol. The summed E-state index contributed by atoms with van der Waals surface area (Å²) in [5.41, 5.74) is 6.72. The Hall–Kier alpha value is -2.08. The van der Waals surface area contributed by atoms with Crippen molar-refractivity contribution < 1.29 is 19.1 Å². The number of carbonyl (C=O) groups excluding carboxylic acids is 2. The number of nitrogens with zero attached hydrogens (tertiary/aromatic N) is 1. The highest BCUT2D eigenvalue weighted by molar-refractivity contribution is 5.94. The summed E-state index contributed by atoms with van der Waals surface area (Å²) in [6.07, 6.45) is 3.36. The summed E-state index contributed by atoms with van der Waals surface area (Å²) >= 11 is 0. The van der Waals surface area contributed by atoms with Crippen molar-refractivity contribution >= 4 is 11.7 Å². The van der Waals surface area contributed by atoms with Gasteiger partial charge < -0.3 is 20.1 Å². The molecule has 1 aromatic rings. The molecule has 0 radical (unpaired) electrons. The van der Waals surface area contributed by atoms with Crippen LogP contribution < -0.4 is 15.2 Å². The van der Waals surface area contributed by atoms with Crippen LogP contribution in [0.3, 0.4) is 0 Å². The molecule has 0 aromatic heterocycles. The Morgan fingerprint density at radius 2 is 2.04 bits per heavy atom. The highest BCUT2D eigenvalue weighted by Crippen LogP contribution is 2.37. The van der Waals surface area contributed by atoms with E-state index in [1.807, 2.05) is 4.90 Å². The topological polar surface area (TPSA) is 81.9 Å². The van der Waals surface area contributed by atoms with Gasteiger partial charge in [-0.3, -0.25) is 9.59 Å². The number of carbonyl (C=O) groups is 2. The second-order valence-corrected chi connectivity index (χ2v) is 7.34. The minimum Gasteiger partial charge on any atom is -0.493 e. The first kappa shape index (κ1) is 18.7. The van der Waals surface area contributed by atoms with Crippen LogP contribution in [0.2, 0.25) is 0 Å². The number of ketones is 1. The molecule has 142 valence electrons. The Balaban J connectivity index is 1.44. The second kappa shape index (κ2) is 8.08. The SMILES string of the molecule is COc1cc(C(C)=O)ccc1OCCCC(=O)N1CC2CCC(N)C2C1. The second-order valence-electron chi connectivity index (χ2n) is 7.34. The van der Waals surface area contributed by atoms with Crippen LogP contribution in [0.15, 0.2) is 18.2 Å². The van der Waals surface area contributed by atoms with Gasteiger partial charge in [-0.1, -0.05) is 0 Å². The van der Waals surface area contributed by atoms with E-state index in [4.69, 9.17) is 15.2 Å². The molecule has 3 unspecified atom stereocenters. The van der Waals surface area contributed by atoms with Crippen molar-refractivity contribution in [1.29, 1.82) is 0 Å². The third-order valence-electron chi connectivity index (χ3n) is 5.63. The van der Waals surface area contributed by atoms with Gasteiger partial charge in [0.05, 0.1) is 13.7 Å². The number of fused-ring (bicyclic) bond motifs is 1. The Morgan fingerprint density at radius 3 is 2.73 bits per heavy atom. The Kier molecular flexibility index (Phi) is 5.81. The number of Topliss-reactive ketones (excluding diaryl/α,β-unsaturated/α-hetero) is 1. The van der Waals surface area contributed by atoms with Crippen molar-refractivity contribution in [2.45, 2.75) is 38.6 Å². The fraction of sp³-hybridized carbons (Fsp3) is 0.600. The fourth-order valence-electron chi connectivity index (χ4n) is 4.08. The molecular weight excluding hydrogens is 332 g/mol. The first-order valence-electron chi connectivity index (χ1n) is 9.34. The van der Waals surface area contributed by atoms with E-state index in [0.29, 0.717) is 48.3 Å². The van der Waals surface area contributed by atoms with Gasteiger partial charge in [0.15, 0.2) is 17.3 Å². The fourth-order valence-corrected chi connectivity index (χ4v) is 4.08. The molecular formula is C20H28N2O4. The van der Waals surface area contributed by atoms with Gasteiger partial charge in [0.1, 0.15) is 0 Å². The molecule has 2 N–H and O–H groups in total. The number of methoxy groups -OCH3 is 1. The van der Waals surface area contributed by atoms with E-state index >= 15 is 0 Å². The lowest BCUT2D eigenvalue weighted by Gasteiger charge is -2.19. The maximum Gasteiger partial charge on any atom is 0.222 e. The number of ether oxygens (including phenoxy) is 2. The van der Waals surface area contributed by atoms with Crippen molar-refractivity contribution in [2.75, 3.05) is 26.8 Å². The number of rotatable bonds is 7. The van der Waals surface area contributed by atoms with Crippen LogP contribution in [-0.2, 0) is 4.79 Å². The summed E-state index contributed by atoms with van der Waals surface area (Å²) in [5.74, 6) is 2.37. The van der Waals surface area contributed by atoms with Gasteiger partial charge in [0.25, 0.3) is 0 Å². The number of benzene rings is 1. The smallest absolute Gasteiger partial charge is 0.222 e. The Bertz CT molecular complexity index is 676. The van der Waals surface area contributed by atoms with Crippen LogP contribution in [0.25, 0.3) is 0 Å². The largest absolute Gasteiger partial charge is 0.493 e. The summed E-state index contributed by atoms with van der Waals surface area (Å²) in [5, 5.41) is 0. The third kappa shape index (κ3) is 4.01. The highest BCUT2D eigenvalue weighted by Gasteiger charge is 2.42. The molecule has 6 heteroatoms. The van der Waals surface area contributed by atoms with Crippen LogP contribution in [-0.4, -0.2) is 49.4 Å². The average Bonchev–Trinajstić information content (AvgIpc) is 3.20. The number of nitrogens with two attached hydrogens (primary N) is 1. The first-order chi connectivity index (χ1) is 12.5. The van der Waals surface area contributed by atoms with Crippen molar-refractivity contribution in [3.8, 4) is 11.5 Å². The van der Waals surface area contributed by atoms with Gasteiger partial charge in [0.2, 0.25) is 5.91 Å². The van der Waals surface area contributed by atoms with Gasteiger partial charge in [-0.25, -0.2) is 0 Å². The van der Waals surface area contributed by atoms with E-state index in [-0.39, 0.29) is 17.7 Å². The summed E-state index contributed by atoms with van der Waals surface area (Å²) in [6.45, 7) is 3.62. The standard InChI is InChI=1S/C20H28N2O4/c1-13(23)14-6-8-18(19(10-14)25-2)26-9-3-4-20(24)22-11-15-5-7-17(21)16(15)12-22/h6,8,10,15-17H,3-5,7,9,11-12,21H2,1-2H3. The van der Waals surface area contributed by atoms with Gasteiger partial charge in [-0.05, 0) is 56.2 Å². The molecule has 3 rings (SSSR count). The average molecular weight is 360 g/mol. The lowest BCUT2D eigenvalue weighted by molar-refractivity contribution is -0.130. The summed E-state index contributed by atoms with van der Waals surface area (Å²) in [6, 6.07) is 5.39. The van der Waals surface area contributed by atoms with Crippen LogP contribution in [0.5, 0.6) is 11.5 Å². The molecule has 0 bridgehead atoms. The summed E-state index contributed by atoms with van der Waals surface area (Å²) < 4.78 is 11.0. The maximum absolute atomic E-state index is 12.4. The lowest BCUT2D eigenvalue weighted by Crippen LogP contribution is -2.33. The lowest BCUT2D eigenvalue weighted by atomic mass is 9.98. The molecule has 6 nitrogen and oxygen atoms in total. The molecule has 1 saturated carbocycles. The zero-order chi connectivity index (χ0) is 18.7. The molecule has 1 amide bonds. The molecule has 1 aliphatic heterocycles. The monoisotopic (exact) mass is 360 g/mol. The molecule has 1 aromatic carbocycles. The van der Waals surface area contributed by atoms with E-state index in [2.05, 4.69) is 0 Å². The molecule has 0 spiro atoms. The summed E-state index contributed by atoms with van der Waals surface area (Å²) in [7, 11) is 1.55. The van der Waals surface area contributed by atoms with E-state index in [1.54, 1.807) is 25.3 Å². The van der Waals surface area contributed by atoms with Crippen molar-refractivity contribution in [3.05, 3.63) is 23.8 Å². The number of hydrogen-bond donors (Lipinski definition) is 1. The van der Waals surface area contributed by atoms with E-state index in [0.717, 1.165) is 25.9 Å². The van der Waals surface area contributed by atoms with Crippen LogP contribution >= 0.6 is 0 Å². The molecule has 1 saturated heterocycles. The Labute approximate surface area is 154 Å². The quantitative estimate of drug-likeness (QED) is 0.596. The Morgan fingerprint density at radius 1 is 1.23 bits per heavy atom. The molecule has 1 heterocycles. The normalized spacial score (nSPS) is 24.4. The van der Waals surface area contributed by atoms with Crippen molar-refractivity contribution in [1.82, 2.24) is 4.90 Å². The minimum atomic E-state index is -0.0180. The number of hydrogen-bond acceptors (Lipinski definition) is 5. The van der Waals surface area contributed by atoms with E-state index in [9.17, 15) is 9.59 Å². The summed E-state index contributed by atoms with van der Waals surface area (Å²) in [4.78, 5) is 25.8. The molecule has 1 aliphatic carbocycles. The molecule has 2 aliphatic rings. The van der Waals surface area contributed by atoms with E-state index < -0.39 is 0 Å². The van der Waals surface area contributed by atoms with Gasteiger partial charge in [-0.2, -0.15) is 0 Å². The third-order valence-corrected chi connectivity index (χ3v) is 5.63. The minimum absolute atomic E-state index is 0.0180. The van der Waals surface area contributed by atoms with Crippen LogP contribution in [0, 0.1) is 11.8 Å². The van der Waals surface area contributed by atoms with Gasteiger partial charge >= 0.3 is 0 Å².